The molecule has 0 fully saturated rings. The summed E-state index contributed by atoms with van der Waals surface area (Å²) in [7, 11) is 3.68. The van der Waals surface area contributed by atoms with Crippen LogP contribution < -0.4 is 0 Å². The van der Waals surface area contributed by atoms with Gasteiger partial charge in [0.25, 0.3) is 0 Å². The highest BCUT2D eigenvalue weighted by Crippen LogP contribution is 1.89. The van der Waals surface area contributed by atoms with Crippen molar-refractivity contribution in [3.63, 3.8) is 0 Å². The molecule has 0 bridgehead atoms. The first-order valence-corrected chi connectivity index (χ1v) is 3.40. The van der Waals surface area contributed by atoms with Crippen molar-refractivity contribution in [2.24, 2.45) is 9.98 Å². The van der Waals surface area contributed by atoms with E-state index in [1.807, 2.05) is 11.9 Å². The molecule has 0 aliphatic rings. The van der Waals surface area contributed by atoms with Crippen LogP contribution >= 0.6 is 0 Å². The van der Waals surface area contributed by atoms with Crippen molar-refractivity contribution in [2.75, 3.05) is 20.6 Å². The van der Waals surface area contributed by atoms with Crippen LogP contribution in [0, 0.1) is 0 Å². The molecule has 0 aliphatic carbocycles. The lowest BCUT2D eigenvalue weighted by Crippen LogP contribution is -2.25. The van der Waals surface area contributed by atoms with Crippen LogP contribution in [0.1, 0.15) is 13.3 Å². The van der Waals surface area contributed by atoms with Crippen LogP contribution in [0.25, 0.3) is 0 Å². The molecule has 3 heteroatoms. The second kappa shape index (κ2) is 4.97. The zero-order valence-corrected chi connectivity index (χ0v) is 6.96. The van der Waals surface area contributed by atoms with Gasteiger partial charge in [-0.15, -0.1) is 0 Å². The van der Waals surface area contributed by atoms with Crippen LogP contribution in [0.15, 0.2) is 9.98 Å². The van der Waals surface area contributed by atoms with E-state index in [2.05, 4.69) is 23.6 Å². The Balaban J connectivity index is 3.89. The van der Waals surface area contributed by atoms with Crippen LogP contribution in [0.3, 0.4) is 0 Å². The molecule has 10 heavy (non-hydrogen) atoms. The number of rotatable bonds is 2. The van der Waals surface area contributed by atoms with E-state index in [0.717, 1.165) is 13.0 Å². The van der Waals surface area contributed by atoms with Crippen LogP contribution in [-0.4, -0.2) is 38.2 Å². The molecule has 0 N–H and O–H groups in total. The first kappa shape index (κ1) is 9.14. The van der Waals surface area contributed by atoms with E-state index >= 15 is 0 Å². The summed E-state index contributed by atoms with van der Waals surface area (Å²) >= 11 is 0. The molecule has 0 unspecified atom stereocenters. The maximum Gasteiger partial charge on any atom is 0.219 e. The maximum absolute atomic E-state index is 3.94. The summed E-state index contributed by atoms with van der Waals surface area (Å²) in [5.74, 6) is 0.710. The van der Waals surface area contributed by atoms with Crippen LogP contribution in [-0.2, 0) is 0 Å². The van der Waals surface area contributed by atoms with Gasteiger partial charge in [-0.3, -0.25) is 4.99 Å². The summed E-state index contributed by atoms with van der Waals surface area (Å²) in [6.45, 7) is 6.51. The summed E-state index contributed by atoms with van der Waals surface area (Å²) in [4.78, 5) is 9.67. The van der Waals surface area contributed by atoms with Gasteiger partial charge in [0.2, 0.25) is 5.96 Å². The second-order valence-electron chi connectivity index (χ2n) is 2.10. The number of nitrogens with zero attached hydrogens (tertiary/aromatic N) is 3. The zero-order chi connectivity index (χ0) is 7.98. The third-order valence-corrected chi connectivity index (χ3v) is 1.24. The van der Waals surface area contributed by atoms with Crippen molar-refractivity contribution in [1.82, 2.24) is 4.90 Å². The Bertz CT molecular complexity index is 129. The van der Waals surface area contributed by atoms with E-state index in [9.17, 15) is 0 Å². The molecule has 0 aromatic carbocycles. The second-order valence-corrected chi connectivity index (χ2v) is 2.10. The fourth-order valence-electron chi connectivity index (χ4n) is 0.798. The summed E-state index contributed by atoms with van der Waals surface area (Å²) < 4.78 is 0. The Labute approximate surface area is 62.5 Å². The molecule has 0 radical (unpaired) electrons. The molecule has 0 aromatic heterocycles. The third kappa shape index (κ3) is 2.62. The fraction of sp³-hybridized carbons (Fsp3) is 0.714. The zero-order valence-electron chi connectivity index (χ0n) is 6.96. The molecule has 58 valence electrons. The average Bonchev–Trinajstić information content (AvgIpc) is 1.91. The first-order valence-electron chi connectivity index (χ1n) is 3.40. The molecule has 0 aromatic rings. The van der Waals surface area contributed by atoms with Crippen molar-refractivity contribution in [3.8, 4) is 0 Å². The van der Waals surface area contributed by atoms with Crippen molar-refractivity contribution in [1.29, 1.82) is 0 Å². The van der Waals surface area contributed by atoms with Crippen molar-refractivity contribution in [3.05, 3.63) is 0 Å². The van der Waals surface area contributed by atoms with Crippen LogP contribution in [0.5, 0.6) is 0 Å². The van der Waals surface area contributed by atoms with Gasteiger partial charge in [-0.05, 0) is 13.1 Å². The first-order chi connectivity index (χ1) is 4.76. The molecule has 3 nitrogen and oxygen atoms in total. The fourth-order valence-corrected chi connectivity index (χ4v) is 0.798. The Hall–Kier alpha value is -0.860. The summed E-state index contributed by atoms with van der Waals surface area (Å²) in [5, 5.41) is 0. The third-order valence-electron chi connectivity index (χ3n) is 1.24. The molecule has 0 rings (SSSR count). The quantitative estimate of drug-likeness (QED) is 0.416. The number of hydrogen-bond acceptors (Lipinski definition) is 1. The Morgan fingerprint density at radius 2 is 2.20 bits per heavy atom. The van der Waals surface area contributed by atoms with Gasteiger partial charge in [-0.2, -0.15) is 0 Å². The van der Waals surface area contributed by atoms with E-state index in [1.54, 1.807) is 7.05 Å². The number of hydrogen-bond donors (Lipinski definition) is 0. The lowest BCUT2D eigenvalue weighted by molar-refractivity contribution is 0.495. The van der Waals surface area contributed by atoms with Crippen LogP contribution in [0.4, 0.5) is 0 Å². The predicted octanol–water partition coefficient (Wildman–Crippen LogP) is 1.01. The van der Waals surface area contributed by atoms with Gasteiger partial charge < -0.3 is 4.90 Å². The van der Waals surface area contributed by atoms with E-state index in [4.69, 9.17) is 0 Å². The molecule has 0 atom stereocenters. The summed E-state index contributed by atoms with van der Waals surface area (Å²) in [6.07, 6.45) is 1.10. The molecule has 0 saturated carbocycles. The van der Waals surface area contributed by atoms with E-state index in [1.165, 1.54) is 0 Å². The van der Waals surface area contributed by atoms with Crippen molar-refractivity contribution >= 4 is 12.7 Å². The van der Waals surface area contributed by atoms with E-state index in [0.29, 0.717) is 5.96 Å². The SMILES string of the molecule is C=N/C(=N\C)N(C)CCC. The van der Waals surface area contributed by atoms with E-state index < -0.39 is 0 Å². The lowest BCUT2D eigenvalue weighted by atomic mass is 10.4. The highest BCUT2D eigenvalue weighted by Gasteiger charge is 1.98. The number of aliphatic imine (C=N–C) groups is 2. The van der Waals surface area contributed by atoms with Gasteiger partial charge in [0.1, 0.15) is 0 Å². The van der Waals surface area contributed by atoms with Crippen LogP contribution in [0.2, 0.25) is 0 Å². The predicted molar refractivity (Wildman–Crippen MR) is 45.8 cm³/mol. The van der Waals surface area contributed by atoms with Gasteiger partial charge in [0.05, 0.1) is 0 Å². The van der Waals surface area contributed by atoms with Gasteiger partial charge in [-0.25, -0.2) is 4.99 Å². The topological polar surface area (TPSA) is 28.0 Å². The standard InChI is InChI=1S/C7H15N3/c1-5-6-10(4)7(8-2)9-3/h2,5-6H2,1,3-4H3/b9-7+. The van der Waals surface area contributed by atoms with Gasteiger partial charge in [0.15, 0.2) is 0 Å². The Morgan fingerprint density at radius 1 is 1.60 bits per heavy atom. The minimum absolute atomic E-state index is 0.710. The van der Waals surface area contributed by atoms with Crippen molar-refractivity contribution in [2.45, 2.75) is 13.3 Å². The van der Waals surface area contributed by atoms with Gasteiger partial charge in [-0.1, -0.05) is 6.92 Å². The van der Waals surface area contributed by atoms with Gasteiger partial charge >= 0.3 is 0 Å². The summed E-state index contributed by atoms with van der Waals surface area (Å²) in [5.41, 5.74) is 0. The molecule has 0 aliphatic heterocycles. The largest absolute Gasteiger partial charge is 0.344 e. The molecular formula is C7H15N3. The highest BCUT2D eigenvalue weighted by atomic mass is 15.2. The minimum Gasteiger partial charge on any atom is -0.344 e. The molecule has 0 saturated heterocycles. The van der Waals surface area contributed by atoms with E-state index in [-0.39, 0.29) is 0 Å². The lowest BCUT2D eigenvalue weighted by Gasteiger charge is -2.15. The summed E-state index contributed by atoms with van der Waals surface area (Å²) in [6, 6.07) is 0. The number of guanidine groups is 1. The molecular weight excluding hydrogens is 126 g/mol. The minimum atomic E-state index is 0.710. The van der Waals surface area contributed by atoms with Crippen molar-refractivity contribution < 1.29 is 0 Å². The molecule has 0 heterocycles. The normalized spacial score (nSPS) is 11.3. The monoisotopic (exact) mass is 141 g/mol. The highest BCUT2D eigenvalue weighted by molar-refractivity contribution is 5.83. The average molecular weight is 141 g/mol. The Morgan fingerprint density at radius 3 is 2.50 bits per heavy atom. The molecule has 0 spiro atoms. The smallest absolute Gasteiger partial charge is 0.219 e. The van der Waals surface area contributed by atoms with Gasteiger partial charge in [0, 0.05) is 20.6 Å². The Kier molecular flexibility index (Phi) is 4.54. The maximum atomic E-state index is 3.94. The molecule has 0 amide bonds.